The Hall–Kier alpha value is -7.92. The molecule has 0 saturated heterocycles. The minimum atomic E-state index is -0.598. The van der Waals surface area contributed by atoms with Gasteiger partial charge in [0, 0.05) is 70.9 Å². The fourth-order valence-electron chi connectivity index (χ4n) is 11.1. The highest BCUT2D eigenvalue weighted by atomic mass is 32.1. The van der Waals surface area contributed by atoms with Crippen molar-refractivity contribution < 1.29 is 4.74 Å². The fraction of sp³-hybridized carbons (Fsp3) is 0.0169. The Morgan fingerprint density at radius 3 is 1.98 bits per heavy atom. The van der Waals surface area contributed by atoms with Crippen LogP contribution in [0.25, 0.3) is 69.6 Å². The number of nitrogens with zero attached hydrogens (tertiary/aromatic N) is 2. The number of para-hydroxylation sites is 3. The predicted molar refractivity (Wildman–Crippen MR) is 263 cm³/mol. The zero-order valence-electron chi connectivity index (χ0n) is 34.0. The summed E-state index contributed by atoms with van der Waals surface area (Å²) in [5, 5.41) is 7.58. The van der Waals surface area contributed by atoms with Gasteiger partial charge >= 0.3 is 0 Å². The third kappa shape index (κ3) is 4.79. The van der Waals surface area contributed by atoms with Crippen LogP contribution in [-0.4, -0.2) is 4.57 Å². The van der Waals surface area contributed by atoms with Crippen molar-refractivity contribution in [3.63, 3.8) is 0 Å². The molecular weight excluding hydrogens is 785 g/mol. The summed E-state index contributed by atoms with van der Waals surface area (Å²) in [5.74, 6) is 1.73. The number of hydrogen-bond acceptors (Lipinski definition) is 3. The molecule has 2 aliphatic rings. The number of aromatic nitrogens is 1. The van der Waals surface area contributed by atoms with Crippen molar-refractivity contribution in [2.75, 3.05) is 4.90 Å². The van der Waals surface area contributed by atoms with Gasteiger partial charge in [-0.15, -0.1) is 11.3 Å². The summed E-state index contributed by atoms with van der Waals surface area (Å²) in [4.78, 5) is 2.37. The molecular formula is C59H36N2OS. The van der Waals surface area contributed by atoms with E-state index in [1.165, 1.54) is 69.5 Å². The molecule has 294 valence electrons. The van der Waals surface area contributed by atoms with Gasteiger partial charge in [0.15, 0.2) is 0 Å². The van der Waals surface area contributed by atoms with Crippen LogP contribution in [0.1, 0.15) is 22.3 Å². The summed E-state index contributed by atoms with van der Waals surface area (Å²) < 4.78 is 12.1. The van der Waals surface area contributed by atoms with Gasteiger partial charge in [-0.1, -0.05) is 146 Å². The van der Waals surface area contributed by atoms with E-state index in [1.54, 1.807) is 0 Å². The van der Waals surface area contributed by atoms with Gasteiger partial charge in [-0.3, -0.25) is 0 Å². The molecule has 10 aromatic carbocycles. The van der Waals surface area contributed by atoms with Crippen molar-refractivity contribution in [3.05, 3.63) is 241 Å². The summed E-state index contributed by atoms with van der Waals surface area (Å²) in [6.45, 7) is 0. The Labute approximate surface area is 367 Å². The second-order valence-electron chi connectivity index (χ2n) is 16.8. The molecule has 1 aliphatic heterocycles. The Bertz CT molecular complexity index is 3860. The zero-order chi connectivity index (χ0) is 41.2. The second kappa shape index (κ2) is 13.0. The molecule has 0 amide bonds. The normalized spacial score (nSPS) is 14.9. The third-order valence-corrected chi connectivity index (χ3v) is 14.8. The van der Waals surface area contributed by atoms with Gasteiger partial charge in [0.1, 0.15) is 11.5 Å². The molecule has 1 aliphatic carbocycles. The molecule has 3 heterocycles. The van der Waals surface area contributed by atoms with Crippen molar-refractivity contribution in [1.29, 1.82) is 0 Å². The number of benzene rings is 10. The van der Waals surface area contributed by atoms with Crippen LogP contribution in [0.3, 0.4) is 0 Å². The van der Waals surface area contributed by atoms with E-state index in [1.807, 2.05) is 11.3 Å². The van der Waals surface area contributed by atoms with Crippen molar-refractivity contribution in [2.24, 2.45) is 0 Å². The van der Waals surface area contributed by atoms with Gasteiger partial charge in [-0.25, -0.2) is 0 Å². The lowest BCUT2D eigenvalue weighted by molar-refractivity contribution is 0.435. The molecule has 2 aromatic heterocycles. The van der Waals surface area contributed by atoms with Crippen LogP contribution in [0, 0.1) is 0 Å². The van der Waals surface area contributed by atoms with Crippen molar-refractivity contribution in [2.45, 2.75) is 5.41 Å². The highest BCUT2D eigenvalue weighted by molar-refractivity contribution is 7.25. The number of rotatable bonds is 4. The van der Waals surface area contributed by atoms with Gasteiger partial charge in [-0.05, 0) is 99.8 Å². The molecule has 0 fully saturated rings. The molecule has 12 aromatic rings. The first kappa shape index (κ1) is 34.8. The Balaban J connectivity index is 1.00. The van der Waals surface area contributed by atoms with Crippen LogP contribution >= 0.6 is 11.3 Å². The maximum atomic E-state index is 7.08. The molecule has 0 bridgehead atoms. The van der Waals surface area contributed by atoms with Gasteiger partial charge in [0.2, 0.25) is 0 Å². The van der Waals surface area contributed by atoms with E-state index in [9.17, 15) is 0 Å². The van der Waals surface area contributed by atoms with Crippen molar-refractivity contribution >= 4 is 81.1 Å². The van der Waals surface area contributed by atoms with E-state index < -0.39 is 5.41 Å². The SMILES string of the molecule is c1ccc(N(c2ccc3c(c2)Oc2ccccc2C32c3ccccc3-c3cccc4cccc2c34)c2ccc3c4ccccc4n(-c4ccc5sc6ccccc6c5c4)c3c2)cc1. The van der Waals surface area contributed by atoms with E-state index in [0.717, 1.165) is 50.9 Å². The Morgan fingerprint density at radius 1 is 0.397 bits per heavy atom. The number of anilines is 3. The topological polar surface area (TPSA) is 17.4 Å². The first-order valence-corrected chi connectivity index (χ1v) is 22.4. The van der Waals surface area contributed by atoms with E-state index in [0.29, 0.717) is 0 Å². The fourth-order valence-corrected chi connectivity index (χ4v) is 12.2. The van der Waals surface area contributed by atoms with Crippen LogP contribution in [0.5, 0.6) is 11.5 Å². The lowest BCUT2D eigenvalue weighted by atomic mass is 9.58. The van der Waals surface area contributed by atoms with Crippen LogP contribution in [0.4, 0.5) is 17.1 Å². The average molecular weight is 821 g/mol. The lowest BCUT2D eigenvalue weighted by Crippen LogP contribution is -2.36. The molecule has 3 nitrogen and oxygen atoms in total. The van der Waals surface area contributed by atoms with Crippen LogP contribution in [-0.2, 0) is 5.41 Å². The van der Waals surface area contributed by atoms with E-state index >= 15 is 0 Å². The zero-order valence-corrected chi connectivity index (χ0v) is 34.8. The number of fused-ring (bicyclic) bond motifs is 14. The average Bonchev–Trinajstić information content (AvgIpc) is 3.88. The van der Waals surface area contributed by atoms with Crippen molar-refractivity contribution in [1.82, 2.24) is 4.57 Å². The quantitative estimate of drug-likeness (QED) is 0.176. The maximum Gasteiger partial charge on any atom is 0.134 e. The number of hydrogen-bond donors (Lipinski definition) is 0. The van der Waals surface area contributed by atoms with Gasteiger partial charge in [0.25, 0.3) is 0 Å². The van der Waals surface area contributed by atoms with E-state index in [4.69, 9.17) is 4.74 Å². The highest BCUT2D eigenvalue weighted by Gasteiger charge is 2.49. The molecule has 1 spiro atoms. The first-order valence-electron chi connectivity index (χ1n) is 21.6. The smallest absolute Gasteiger partial charge is 0.134 e. The third-order valence-electron chi connectivity index (χ3n) is 13.6. The largest absolute Gasteiger partial charge is 0.457 e. The Morgan fingerprint density at radius 2 is 1.06 bits per heavy atom. The molecule has 14 rings (SSSR count). The minimum absolute atomic E-state index is 0.598. The molecule has 0 saturated carbocycles. The maximum absolute atomic E-state index is 7.08. The van der Waals surface area contributed by atoms with E-state index in [-0.39, 0.29) is 0 Å². The second-order valence-corrected chi connectivity index (χ2v) is 17.9. The molecule has 0 radical (unpaired) electrons. The van der Waals surface area contributed by atoms with Crippen LogP contribution in [0.15, 0.2) is 218 Å². The number of thiophene rings is 1. The summed E-state index contributed by atoms with van der Waals surface area (Å²) in [6.07, 6.45) is 0. The van der Waals surface area contributed by atoms with Crippen LogP contribution in [0.2, 0.25) is 0 Å². The predicted octanol–water partition coefficient (Wildman–Crippen LogP) is 16.2. The minimum Gasteiger partial charge on any atom is -0.457 e. The van der Waals surface area contributed by atoms with Crippen molar-refractivity contribution in [3.8, 4) is 28.3 Å². The summed E-state index contributed by atoms with van der Waals surface area (Å²) in [5.41, 5.74) is 13.4. The summed E-state index contributed by atoms with van der Waals surface area (Å²) >= 11 is 1.86. The monoisotopic (exact) mass is 820 g/mol. The molecule has 1 atom stereocenters. The van der Waals surface area contributed by atoms with Gasteiger partial charge in [-0.2, -0.15) is 0 Å². The Kier molecular flexibility index (Phi) is 7.20. The molecule has 63 heavy (non-hydrogen) atoms. The van der Waals surface area contributed by atoms with Gasteiger partial charge < -0.3 is 14.2 Å². The first-order chi connectivity index (χ1) is 31.2. The number of ether oxygens (including phenoxy) is 1. The van der Waals surface area contributed by atoms with Gasteiger partial charge in [0.05, 0.1) is 16.4 Å². The molecule has 4 heteroatoms. The standard InChI is InChI=1S/C59H36N2OS/c1-2-16-38(17-3-1)60(40-28-31-44-43-19-5-9-25-52(43)61(53(44)35-40)39-30-33-57-47(34-39)45-20-6-11-27-56(45)63-57)41-29-32-50-55(36-41)62-54-26-10-8-23-49(54)59(50)48-22-7-4-18-42(48)46-21-12-14-37-15-13-24-51(59)58(37)46/h1-36H. The highest BCUT2D eigenvalue weighted by Crippen LogP contribution is 2.61. The summed E-state index contributed by atoms with van der Waals surface area (Å²) in [7, 11) is 0. The molecule has 0 N–H and O–H groups in total. The lowest BCUT2D eigenvalue weighted by Gasteiger charge is -2.45. The summed E-state index contributed by atoms with van der Waals surface area (Å²) in [6, 6.07) is 80.2. The molecule has 1 unspecified atom stereocenters. The van der Waals surface area contributed by atoms with E-state index in [2.05, 4.69) is 228 Å². The van der Waals surface area contributed by atoms with Crippen LogP contribution < -0.4 is 9.64 Å².